The summed E-state index contributed by atoms with van der Waals surface area (Å²) in [5, 5.41) is 4.96. The Kier molecular flexibility index (Phi) is 4.57. The number of nitrogens with zero attached hydrogens (tertiary/aromatic N) is 1. The van der Waals surface area contributed by atoms with Crippen LogP contribution in [0.15, 0.2) is 60.7 Å². The Bertz CT molecular complexity index is 943. The van der Waals surface area contributed by atoms with Crippen molar-refractivity contribution in [1.82, 2.24) is 0 Å². The van der Waals surface area contributed by atoms with E-state index < -0.39 is 0 Å². The Labute approximate surface area is 152 Å². The molecule has 0 bridgehead atoms. The van der Waals surface area contributed by atoms with E-state index in [4.69, 9.17) is 0 Å². The molecule has 0 aliphatic carbocycles. The maximum absolute atomic E-state index is 14.1. The molecule has 0 aromatic heterocycles. The molecule has 4 rings (SSSR count). The summed E-state index contributed by atoms with van der Waals surface area (Å²) in [6, 6.07) is 18.2. The maximum atomic E-state index is 14.1. The zero-order valence-corrected chi connectivity index (χ0v) is 14.5. The second-order valence-corrected chi connectivity index (χ2v) is 6.73. The lowest BCUT2D eigenvalue weighted by atomic mass is 10.1. The van der Waals surface area contributed by atoms with Gasteiger partial charge >= 0.3 is 0 Å². The highest BCUT2D eigenvalue weighted by molar-refractivity contribution is 6.09. The van der Waals surface area contributed by atoms with Gasteiger partial charge in [0.2, 0.25) is 0 Å². The van der Waals surface area contributed by atoms with Crippen LogP contribution in [0, 0.1) is 5.82 Å². The van der Waals surface area contributed by atoms with Gasteiger partial charge < -0.3 is 10.2 Å². The largest absolute Gasteiger partial charge is 0.371 e. The van der Waals surface area contributed by atoms with E-state index in [2.05, 4.69) is 10.2 Å². The summed E-state index contributed by atoms with van der Waals surface area (Å²) >= 11 is 0. The van der Waals surface area contributed by atoms with Gasteiger partial charge in [0.05, 0.1) is 0 Å². The Balaban J connectivity index is 1.62. The van der Waals surface area contributed by atoms with Crippen molar-refractivity contribution in [3.63, 3.8) is 0 Å². The predicted octanol–water partition coefficient (Wildman–Crippen LogP) is 5.22. The summed E-state index contributed by atoms with van der Waals surface area (Å²) in [4.78, 5) is 14.9. The lowest BCUT2D eigenvalue weighted by molar-refractivity contribution is 0.102. The SMILES string of the molecule is O=C(Nc1cccc2ccccc12)c1cc(F)cc(N2CCCCC2)c1. The maximum Gasteiger partial charge on any atom is 0.255 e. The summed E-state index contributed by atoms with van der Waals surface area (Å²) in [5.41, 5.74) is 1.86. The molecule has 1 fully saturated rings. The first-order valence-corrected chi connectivity index (χ1v) is 9.05. The standard InChI is InChI=1S/C22H21FN2O/c23-18-13-17(14-19(15-18)25-11-4-1-5-12-25)22(26)24-21-10-6-8-16-7-2-3-9-20(16)21/h2-3,6-10,13-15H,1,4-5,11-12H2,(H,24,26). The Morgan fingerprint density at radius 3 is 2.54 bits per heavy atom. The van der Waals surface area contributed by atoms with E-state index >= 15 is 0 Å². The molecule has 3 nitrogen and oxygen atoms in total. The van der Waals surface area contributed by atoms with Gasteiger partial charge in [0, 0.05) is 35.4 Å². The third-order valence-corrected chi connectivity index (χ3v) is 4.90. The molecule has 26 heavy (non-hydrogen) atoms. The highest BCUT2D eigenvalue weighted by Gasteiger charge is 2.16. The molecule has 1 aliphatic rings. The zero-order valence-electron chi connectivity index (χ0n) is 14.5. The molecule has 0 spiro atoms. The molecule has 1 heterocycles. The van der Waals surface area contributed by atoms with Crippen LogP contribution >= 0.6 is 0 Å². The van der Waals surface area contributed by atoms with E-state index in [0.29, 0.717) is 5.56 Å². The summed E-state index contributed by atoms with van der Waals surface area (Å²) in [5.74, 6) is -0.671. The molecule has 0 unspecified atom stereocenters. The van der Waals surface area contributed by atoms with Crippen LogP contribution in [0.3, 0.4) is 0 Å². The molecule has 3 aromatic rings. The van der Waals surface area contributed by atoms with E-state index in [9.17, 15) is 9.18 Å². The van der Waals surface area contributed by atoms with E-state index in [1.165, 1.54) is 18.6 Å². The van der Waals surface area contributed by atoms with Crippen LogP contribution in [-0.2, 0) is 0 Å². The molecular formula is C22H21FN2O. The molecule has 1 N–H and O–H groups in total. The molecule has 1 aliphatic heterocycles. The molecule has 0 radical (unpaired) electrons. The molecule has 132 valence electrons. The first kappa shape index (κ1) is 16.6. The third-order valence-electron chi connectivity index (χ3n) is 4.90. The van der Waals surface area contributed by atoms with Crippen LogP contribution in [0.1, 0.15) is 29.6 Å². The van der Waals surface area contributed by atoms with Gasteiger partial charge in [0.25, 0.3) is 5.91 Å². The van der Waals surface area contributed by atoms with Crippen molar-refractivity contribution in [1.29, 1.82) is 0 Å². The van der Waals surface area contributed by atoms with Crippen LogP contribution in [0.25, 0.3) is 10.8 Å². The lowest BCUT2D eigenvalue weighted by Crippen LogP contribution is -2.29. The molecule has 3 aromatic carbocycles. The topological polar surface area (TPSA) is 32.3 Å². The van der Waals surface area contributed by atoms with Gasteiger partial charge in [-0.05, 0) is 48.9 Å². The fourth-order valence-corrected chi connectivity index (χ4v) is 3.57. The molecule has 1 saturated heterocycles. The molecule has 4 heteroatoms. The van der Waals surface area contributed by atoms with E-state index in [-0.39, 0.29) is 11.7 Å². The van der Waals surface area contributed by atoms with Crippen molar-refractivity contribution in [2.75, 3.05) is 23.3 Å². The number of anilines is 2. The fraction of sp³-hybridized carbons (Fsp3) is 0.227. The van der Waals surface area contributed by atoms with Crippen molar-refractivity contribution in [3.8, 4) is 0 Å². The highest BCUT2D eigenvalue weighted by Crippen LogP contribution is 2.26. The minimum atomic E-state index is -0.379. The van der Waals surface area contributed by atoms with Crippen LogP contribution in [0.2, 0.25) is 0 Å². The smallest absolute Gasteiger partial charge is 0.255 e. The average molecular weight is 348 g/mol. The van der Waals surface area contributed by atoms with Crippen molar-refractivity contribution in [2.24, 2.45) is 0 Å². The van der Waals surface area contributed by atoms with Crippen LogP contribution < -0.4 is 10.2 Å². The average Bonchev–Trinajstić information content (AvgIpc) is 2.68. The minimum absolute atomic E-state index is 0.292. The summed E-state index contributed by atoms with van der Waals surface area (Å²) in [7, 11) is 0. The van der Waals surface area contributed by atoms with Crippen LogP contribution in [0.5, 0.6) is 0 Å². The Hall–Kier alpha value is -2.88. The number of carbonyl (C=O) groups excluding carboxylic acids is 1. The summed E-state index contributed by atoms with van der Waals surface area (Å²) < 4.78 is 14.1. The number of halogens is 1. The van der Waals surface area contributed by atoms with Crippen molar-refractivity contribution in [3.05, 3.63) is 72.0 Å². The van der Waals surface area contributed by atoms with Crippen LogP contribution in [0.4, 0.5) is 15.8 Å². The van der Waals surface area contributed by atoms with Gasteiger partial charge in [-0.2, -0.15) is 0 Å². The number of hydrogen-bond acceptors (Lipinski definition) is 2. The summed E-state index contributed by atoms with van der Waals surface area (Å²) in [6.07, 6.45) is 3.42. The quantitative estimate of drug-likeness (QED) is 0.704. The number of piperidine rings is 1. The van der Waals surface area contributed by atoms with Gasteiger partial charge in [-0.15, -0.1) is 0 Å². The van der Waals surface area contributed by atoms with Gasteiger partial charge in [-0.3, -0.25) is 4.79 Å². The molecule has 0 atom stereocenters. The number of benzene rings is 3. The third kappa shape index (κ3) is 3.40. The monoisotopic (exact) mass is 348 g/mol. The number of nitrogens with one attached hydrogen (secondary N) is 1. The van der Waals surface area contributed by atoms with Crippen molar-refractivity contribution < 1.29 is 9.18 Å². The second kappa shape index (κ2) is 7.16. The van der Waals surface area contributed by atoms with Gasteiger partial charge in [0.1, 0.15) is 5.82 Å². The van der Waals surface area contributed by atoms with E-state index in [1.54, 1.807) is 6.07 Å². The Morgan fingerprint density at radius 1 is 0.923 bits per heavy atom. The zero-order chi connectivity index (χ0) is 17.9. The van der Waals surface area contributed by atoms with Crippen molar-refractivity contribution >= 4 is 28.1 Å². The lowest BCUT2D eigenvalue weighted by Gasteiger charge is -2.29. The fourth-order valence-electron chi connectivity index (χ4n) is 3.57. The van der Waals surface area contributed by atoms with Gasteiger partial charge in [0.15, 0.2) is 0 Å². The van der Waals surface area contributed by atoms with Gasteiger partial charge in [-0.1, -0.05) is 36.4 Å². The predicted molar refractivity (Wildman–Crippen MR) is 104 cm³/mol. The molecule has 0 saturated carbocycles. The number of hydrogen-bond donors (Lipinski definition) is 1. The first-order chi connectivity index (χ1) is 12.7. The van der Waals surface area contributed by atoms with Gasteiger partial charge in [-0.25, -0.2) is 4.39 Å². The first-order valence-electron chi connectivity index (χ1n) is 9.05. The van der Waals surface area contributed by atoms with Crippen LogP contribution in [-0.4, -0.2) is 19.0 Å². The number of carbonyl (C=O) groups is 1. The number of amides is 1. The Morgan fingerprint density at radius 2 is 1.69 bits per heavy atom. The minimum Gasteiger partial charge on any atom is -0.371 e. The highest BCUT2D eigenvalue weighted by atomic mass is 19.1. The van der Waals surface area contributed by atoms with Crippen molar-refractivity contribution in [2.45, 2.75) is 19.3 Å². The second-order valence-electron chi connectivity index (χ2n) is 6.73. The molecule has 1 amide bonds. The normalized spacial score (nSPS) is 14.4. The number of rotatable bonds is 3. The van der Waals surface area contributed by atoms with E-state index in [0.717, 1.165) is 48.1 Å². The number of fused-ring (bicyclic) bond motifs is 1. The van der Waals surface area contributed by atoms with E-state index in [1.807, 2.05) is 42.5 Å². The molecular weight excluding hydrogens is 327 g/mol. The summed E-state index contributed by atoms with van der Waals surface area (Å²) in [6.45, 7) is 1.82.